The summed E-state index contributed by atoms with van der Waals surface area (Å²) < 4.78 is 4.79. The Bertz CT molecular complexity index is 504. The minimum atomic E-state index is -1.37. The number of nitrogens with one attached hydrogen (secondary N) is 1. The molecule has 0 saturated carbocycles. The van der Waals surface area contributed by atoms with E-state index in [2.05, 4.69) is 5.32 Å². The fourth-order valence-corrected chi connectivity index (χ4v) is 2.80. The fourth-order valence-electron chi connectivity index (χ4n) is 1.80. The molecule has 0 aliphatic carbocycles. The highest BCUT2D eigenvalue weighted by atomic mass is 35.5. The first kappa shape index (κ1) is 22.7. The molecule has 1 rings (SSSR count). The van der Waals surface area contributed by atoms with Gasteiger partial charge in [-0.2, -0.15) is 11.8 Å². The Labute approximate surface area is 152 Å². The second-order valence-corrected chi connectivity index (χ2v) is 6.12. The van der Waals surface area contributed by atoms with E-state index in [0.29, 0.717) is 5.75 Å². The molecule has 1 aromatic rings. The van der Waals surface area contributed by atoms with Gasteiger partial charge in [-0.25, -0.2) is 4.79 Å². The highest BCUT2D eigenvalue weighted by Crippen LogP contribution is 2.13. The minimum Gasteiger partial charge on any atom is -0.464 e. The zero-order valence-electron chi connectivity index (χ0n) is 13.8. The summed E-state index contributed by atoms with van der Waals surface area (Å²) >= 11 is 1.54. The van der Waals surface area contributed by atoms with Crippen LogP contribution in [-0.2, 0) is 20.1 Å². The lowest BCUT2D eigenvalue weighted by atomic mass is 10.2. The van der Waals surface area contributed by atoms with Gasteiger partial charge in [0, 0.05) is 17.5 Å². The average Bonchev–Trinajstić information content (AvgIpc) is 2.55. The molecule has 1 aromatic carbocycles. The highest BCUT2D eigenvalue weighted by Gasteiger charge is 2.26. The lowest BCUT2D eigenvalue weighted by molar-refractivity contribution is -0.148. The molecule has 0 bridgehead atoms. The number of esters is 1. The number of hydrogen-bond donors (Lipinski definition) is 3. The molecule has 6 nitrogen and oxygen atoms in total. The molecule has 0 aromatic heterocycles. The molecule has 1 unspecified atom stereocenters. The predicted molar refractivity (Wildman–Crippen MR) is 98.1 cm³/mol. The third kappa shape index (κ3) is 8.01. The van der Waals surface area contributed by atoms with E-state index >= 15 is 0 Å². The molecule has 3 atom stereocenters. The molecule has 0 saturated heterocycles. The third-order valence-corrected chi connectivity index (χ3v) is 4.25. The van der Waals surface area contributed by atoms with Crippen molar-refractivity contribution in [3.05, 3.63) is 35.9 Å². The van der Waals surface area contributed by atoms with Crippen molar-refractivity contribution in [1.29, 1.82) is 0 Å². The standard InChI is InChI=1S/C16H24N2O4S.ClH/c1-3-22-16(21)11(2)18-15(20)14(19)13(17)10-23-9-12-7-5-4-6-8-12;/h4-8,11,13-14,19H,3,9-10,17H2,1-2H3,(H,18,20);1H/t11-,13-,14?;/m0./s1. The van der Waals surface area contributed by atoms with Crippen molar-refractivity contribution < 1.29 is 19.4 Å². The van der Waals surface area contributed by atoms with Gasteiger partial charge < -0.3 is 20.9 Å². The van der Waals surface area contributed by atoms with Gasteiger partial charge in [-0.3, -0.25) is 4.79 Å². The molecule has 0 aliphatic rings. The summed E-state index contributed by atoms with van der Waals surface area (Å²) in [7, 11) is 0. The molecule has 0 aliphatic heterocycles. The van der Waals surface area contributed by atoms with Crippen LogP contribution in [0.2, 0.25) is 0 Å². The normalized spacial score (nSPS) is 14.0. The topological polar surface area (TPSA) is 102 Å². The maximum atomic E-state index is 11.9. The number of benzene rings is 1. The molecular weight excluding hydrogens is 352 g/mol. The number of ether oxygens (including phenoxy) is 1. The molecule has 8 heteroatoms. The summed E-state index contributed by atoms with van der Waals surface area (Å²) in [6.45, 7) is 3.41. The zero-order valence-corrected chi connectivity index (χ0v) is 15.4. The van der Waals surface area contributed by atoms with Crippen molar-refractivity contribution in [2.45, 2.75) is 37.8 Å². The van der Waals surface area contributed by atoms with Crippen LogP contribution in [0.15, 0.2) is 30.3 Å². The molecule has 136 valence electrons. The van der Waals surface area contributed by atoms with Gasteiger partial charge in [-0.05, 0) is 19.4 Å². The Hall–Kier alpha value is -1.28. The molecule has 0 fully saturated rings. The van der Waals surface area contributed by atoms with Crippen molar-refractivity contribution >= 4 is 36.0 Å². The zero-order chi connectivity index (χ0) is 17.2. The molecule has 0 heterocycles. The number of rotatable bonds is 9. The van der Waals surface area contributed by atoms with Crippen molar-refractivity contribution in [3.63, 3.8) is 0 Å². The largest absolute Gasteiger partial charge is 0.464 e. The Kier molecular flexibility index (Phi) is 11.5. The van der Waals surface area contributed by atoms with Gasteiger partial charge in [0.25, 0.3) is 5.91 Å². The fraction of sp³-hybridized carbons (Fsp3) is 0.500. The Morgan fingerprint density at radius 2 is 1.96 bits per heavy atom. The molecule has 0 radical (unpaired) electrons. The van der Waals surface area contributed by atoms with Crippen LogP contribution < -0.4 is 11.1 Å². The maximum absolute atomic E-state index is 11.9. The number of carbonyl (C=O) groups excluding carboxylic acids is 2. The first-order chi connectivity index (χ1) is 11.0. The van der Waals surface area contributed by atoms with Crippen LogP contribution in [0.3, 0.4) is 0 Å². The first-order valence-corrected chi connectivity index (χ1v) is 8.63. The summed E-state index contributed by atoms with van der Waals surface area (Å²) in [6, 6.07) is 8.33. The van der Waals surface area contributed by atoms with Crippen LogP contribution in [0.5, 0.6) is 0 Å². The SMILES string of the molecule is CCOC(=O)[C@H](C)NC(=O)C(O)[C@@H](N)CSCc1ccccc1.Cl. The second-order valence-electron chi connectivity index (χ2n) is 5.09. The van der Waals surface area contributed by atoms with E-state index in [1.54, 1.807) is 6.92 Å². The van der Waals surface area contributed by atoms with Crippen molar-refractivity contribution in [2.24, 2.45) is 5.73 Å². The summed E-state index contributed by atoms with van der Waals surface area (Å²) in [6.07, 6.45) is -1.37. The van der Waals surface area contributed by atoms with Crippen LogP contribution in [0.25, 0.3) is 0 Å². The third-order valence-electron chi connectivity index (χ3n) is 3.09. The number of aliphatic hydroxyl groups is 1. The molecule has 24 heavy (non-hydrogen) atoms. The van der Waals surface area contributed by atoms with Gasteiger partial charge in [0.2, 0.25) is 0 Å². The van der Waals surface area contributed by atoms with Gasteiger partial charge in [0.1, 0.15) is 12.1 Å². The monoisotopic (exact) mass is 376 g/mol. The Morgan fingerprint density at radius 3 is 2.54 bits per heavy atom. The highest BCUT2D eigenvalue weighted by molar-refractivity contribution is 7.98. The number of aliphatic hydroxyl groups excluding tert-OH is 1. The lowest BCUT2D eigenvalue weighted by Gasteiger charge is -2.20. The van der Waals surface area contributed by atoms with Gasteiger partial charge in [-0.1, -0.05) is 30.3 Å². The van der Waals surface area contributed by atoms with E-state index in [4.69, 9.17) is 10.5 Å². The van der Waals surface area contributed by atoms with E-state index < -0.39 is 30.1 Å². The number of nitrogens with two attached hydrogens (primary N) is 1. The second kappa shape index (κ2) is 12.1. The first-order valence-electron chi connectivity index (χ1n) is 7.48. The van der Waals surface area contributed by atoms with E-state index in [1.807, 2.05) is 30.3 Å². The van der Waals surface area contributed by atoms with Crippen molar-refractivity contribution in [1.82, 2.24) is 5.32 Å². The summed E-state index contributed by atoms with van der Waals surface area (Å²) in [5.41, 5.74) is 7.00. The van der Waals surface area contributed by atoms with Crippen LogP contribution in [0.1, 0.15) is 19.4 Å². The average molecular weight is 377 g/mol. The number of halogens is 1. The van der Waals surface area contributed by atoms with Gasteiger partial charge >= 0.3 is 5.97 Å². The summed E-state index contributed by atoms with van der Waals surface area (Å²) in [5.74, 6) is -0.0298. The maximum Gasteiger partial charge on any atom is 0.328 e. The summed E-state index contributed by atoms with van der Waals surface area (Å²) in [5, 5.41) is 12.3. The van der Waals surface area contributed by atoms with E-state index in [0.717, 1.165) is 11.3 Å². The van der Waals surface area contributed by atoms with Crippen molar-refractivity contribution in [3.8, 4) is 0 Å². The molecular formula is C16H25ClN2O4S. The van der Waals surface area contributed by atoms with Gasteiger partial charge in [-0.15, -0.1) is 12.4 Å². The van der Waals surface area contributed by atoms with E-state index in [-0.39, 0.29) is 19.0 Å². The van der Waals surface area contributed by atoms with Crippen LogP contribution in [0.4, 0.5) is 0 Å². The predicted octanol–water partition coefficient (Wildman–Crippen LogP) is 1.10. The van der Waals surface area contributed by atoms with Crippen LogP contribution in [-0.4, -0.2) is 47.5 Å². The van der Waals surface area contributed by atoms with E-state index in [1.165, 1.54) is 18.7 Å². The lowest BCUT2D eigenvalue weighted by Crippen LogP contribution is -2.51. The Balaban J connectivity index is 0.00000529. The van der Waals surface area contributed by atoms with E-state index in [9.17, 15) is 14.7 Å². The Morgan fingerprint density at radius 1 is 1.33 bits per heavy atom. The number of carbonyl (C=O) groups is 2. The molecule has 1 amide bonds. The van der Waals surface area contributed by atoms with Crippen molar-refractivity contribution in [2.75, 3.05) is 12.4 Å². The number of amides is 1. The van der Waals surface area contributed by atoms with Gasteiger partial charge in [0.05, 0.1) is 6.61 Å². The van der Waals surface area contributed by atoms with Gasteiger partial charge in [0.15, 0.2) is 0 Å². The quantitative estimate of drug-likeness (QED) is 0.558. The minimum absolute atomic E-state index is 0. The van der Waals surface area contributed by atoms with Crippen LogP contribution >= 0.6 is 24.2 Å². The molecule has 0 spiro atoms. The number of thioether (sulfide) groups is 1. The molecule has 4 N–H and O–H groups in total. The smallest absolute Gasteiger partial charge is 0.328 e. The van der Waals surface area contributed by atoms with Crippen LogP contribution in [0, 0.1) is 0 Å². The summed E-state index contributed by atoms with van der Waals surface area (Å²) in [4.78, 5) is 23.3. The number of hydrogen-bond acceptors (Lipinski definition) is 6.